The van der Waals surface area contributed by atoms with Gasteiger partial charge in [0.2, 0.25) is 0 Å². The van der Waals surface area contributed by atoms with Gasteiger partial charge in [0.05, 0.1) is 18.3 Å². The molecule has 2 aliphatic heterocycles. The van der Waals surface area contributed by atoms with Gasteiger partial charge in [0.1, 0.15) is 5.75 Å². The van der Waals surface area contributed by atoms with Crippen molar-refractivity contribution in [1.29, 1.82) is 0 Å². The Morgan fingerprint density at radius 2 is 1.58 bits per heavy atom. The molecule has 5 nitrogen and oxygen atoms in total. The number of benzene rings is 2. The molecule has 33 heavy (non-hydrogen) atoms. The van der Waals surface area contributed by atoms with Crippen LogP contribution in [0.5, 0.6) is 5.75 Å². The molecular formula is C28H37N3O2. The van der Waals surface area contributed by atoms with Crippen LogP contribution in [-0.2, 0) is 0 Å². The Morgan fingerprint density at radius 3 is 2.27 bits per heavy atom. The molecule has 0 radical (unpaired) electrons. The van der Waals surface area contributed by atoms with Crippen molar-refractivity contribution in [3.63, 3.8) is 0 Å². The molecule has 0 saturated carbocycles. The number of aromatic amines is 1. The first kappa shape index (κ1) is 22.4. The lowest BCUT2D eigenvalue weighted by Gasteiger charge is -2.33. The van der Waals surface area contributed by atoms with Crippen molar-refractivity contribution in [3.8, 4) is 5.75 Å². The lowest BCUT2D eigenvalue weighted by molar-refractivity contribution is 0.0918. The third kappa shape index (κ3) is 5.10. The highest BCUT2D eigenvalue weighted by molar-refractivity contribution is 6.12. The standard InChI is InChI=1S/C28H37N3O2/c1-33-28-20-25-24(22-8-4-5-9-23(22)28)19-26(29-25)27(32)18-21-10-14-31(15-11-21)17-16-30-12-6-2-3-7-13-30/h4-5,8-9,19-21,29H,2-3,6-7,10-18H2,1H3. The fourth-order valence-corrected chi connectivity index (χ4v) is 5.70. The minimum Gasteiger partial charge on any atom is -0.496 e. The highest BCUT2D eigenvalue weighted by atomic mass is 16.5. The molecule has 0 amide bonds. The molecule has 0 atom stereocenters. The zero-order valence-electron chi connectivity index (χ0n) is 19.9. The van der Waals surface area contributed by atoms with Gasteiger partial charge in [0, 0.05) is 36.3 Å². The number of ketones is 1. The van der Waals surface area contributed by atoms with E-state index in [1.807, 2.05) is 24.3 Å². The van der Waals surface area contributed by atoms with Gasteiger partial charge in [0.25, 0.3) is 0 Å². The number of nitrogens with zero attached hydrogens (tertiary/aromatic N) is 2. The highest BCUT2D eigenvalue weighted by Gasteiger charge is 2.23. The number of aromatic nitrogens is 1. The number of H-pyrrole nitrogens is 1. The van der Waals surface area contributed by atoms with Crippen LogP contribution in [0.3, 0.4) is 0 Å². The number of piperidine rings is 1. The molecule has 5 rings (SSSR count). The summed E-state index contributed by atoms with van der Waals surface area (Å²) in [5.41, 5.74) is 1.70. The topological polar surface area (TPSA) is 48.6 Å². The first-order chi connectivity index (χ1) is 16.2. The monoisotopic (exact) mass is 447 g/mol. The molecular weight excluding hydrogens is 410 g/mol. The number of carbonyl (C=O) groups is 1. The Balaban J connectivity index is 1.18. The summed E-state index contributed by atoms with van der Waals surface area (Å²) >= 11 is 0. The van der Waals surface area contributed by atoms with E-state index in [0.717, 1.165) is 59.0 Å². The van der Waals surface area contributed by atoms with E-state index in [9.17, 15) is 4.79 Å². The second-order valence-electron chi connectivity index (χ2n) is 9.94. The van der Waals surface area contributed by atoms with Crippen molar-refractivity contribution >= 4 is 27.5 Å². The number of ether oxygens (including phenoxy) is 1. The zero-order chi connectivity index (χ0) is 22.6. The van der Waals surface area contributed by atoms with Gasteiger partial charge in [-0.25, -0.2) is 0 Å². The van der Waals surface area contributed by atoms with E-state index in [1.54, 1.807) is 7.11 Å². The molecule has 0 aliphatic carbocycles. The maximum Gasteiger partial charge on any atom is 0.179 e. The number of Topliss-reactive ketones (excluding diaryl/α,β-unsaturated/α-hetero) is 1. The quantitative estimate of drug-likeness (QED) is 0.487. The van der Waals surface area contributed by atoms with E-state index in [-0.39, 0.29) is 5.78 Å². The van der Waals surface area contributed by atoms with Gasteiger partial charge < -0.3 is 19.5 Å². The molecule has 5 heteroatoms. The molecule has 1 aromatic heterocycles. The Bertz CT molecular complexity index is 1090. The molecule has 1 N–H and O–H groups in total. The van der Waals surface area contributed by atoms with Crippen LogP contribution < -0.4 is 4.74 Å². The van der Waals surface area contributed by atoms with Gasteiger partial charge in [-0.3, -0.25) is 4.79 Å². The van der Waals surface area contributed by atoms with Crippen LogP contribution in [0, 0.1) is 5.92 Å². The van der Waals surface area contributed by atoms with Crippen LogP contribution in [0.25, 0.3) is 21.7 Å². The maximum atomic E-state index is 13.1. The molecule has 2 aliphatic rings. The summed E-state index contributed by atoms with van der Waals surface area (Å²) < 4.78 is 5.59. The Morgan fingerprint density at radius 1 is 0.909 bits per heavy atom. The number of rotatable bonds is 7. The first-order valence-corrected chi connectivity index (χ1v) is 12.8. The van der Waals surface area contributed by atoms with Crippen LogP contribution in [0.2, 0.25) is 0 Å². The summed E-state index contributed by atoms with van der Waals surface area (Å²) in [6.45, 7) is 7.18. The van der Waals surface area contributed by atoms with Crippen molar-refractivity contribution in [2.75, 3.05) is 46.4 Å². The Hall–Kier alpha value is -2.37. The van der Waals surface area contributed by atoms with Gasteiger partial charge in [-0.1, -0.05) is 37.1 Å². The minimum absolute atomic E-state index is 0.234. The summed E-state index contributed by atoms with van der Waals surface area (Å²) in [5.74, 6) is 1.56. The first-order valence-electron chi connectivity index (χ1n) is 12.8. The molecule has 0 unspecified atom stereocenters. The number of carbonyl (C=O) groups excluding carboxylic acids is 1. The Kier molecular flexibility index (Phi) is 6.98. The number of hydrogen-bond acceptors (Lipinski definition) is 4. The Labute approximate surface area is 197 Å². The lowest BCUT2D eigenvalue weighted by Crippen LogP contribution is -2.40. The molecule has 3 heterocycles. The van der Waals surface area contributed by atoms with Crippen molar-refractivity contribution < 1.29 is 9.53 Å². The van der Waals surface area contributed by atoms with Gasteiger partial charge in [-0.05, 0) is 69.2 Å². The maximum absolute atomic E-state index is 13.1. The van der Waals surface area contributed by atoms with E-state index < -0.39 is 0 Å². The van der Waals surface area contributed by atoms with Gasteiger partial charge in [-0.2, -0.15) is 0 Å². The van der Waals surface area contributed by atoms with Crippen LogP contribution in [0.15, 0.2) is 36.4 Å². The lowest BCUT2D eigenvalue weighted by atomic mass is 9.91. The van der Waals surface area contributed by atoms with Crippen LogP contribution >= 0.6 is 0 Å². The fourth-order valence-electron chi connectivity index (χ4n) is 5.70. The van der Waals surface area contributed by atoms with Gasteiger partial charge >= 0.3 is 0 Å². The van der Waals surface area contributed by atoms with E-state index in [4.69, 9.17) is 4.74 Å². The summed E-state index contributed by atoms with van der Waals surface area (Å²) in [4.78, 5) is 21.8. The summed E-state index contributed by atoms with van der Waals surface area (Å²) in [5, 5.41) is 3.30. The molecule has 0 spiro atoms. The van der Waals surface area contributed by atoms with Gasteiger partial charge in [0.15, 0.2) is 5.78 Å². The number of fused-ring (bicyclic) bond motifs is 3. The predicted molar refractivity (Wildman–Crippen MR) is 135 cm³/mol. The zero-order valence-corrected chi connectivity index (χ0v) is 19.9. The number of nitrogens with one attached hydrogen (secondary N) is 1. The minimum atomic E-state index is 0.234. The summed E-state index contributed by atoms with van der Waals surface area (Å²) in [7, 11) is 1.70. The van der Waals surface area contributed by atoms with E-state index in [2.05, 4.69) is 26.9 Å². The normalized spacial score (nSPS) is 19.2. The van der Waals surface area contributed by atoms with E-state index in [0.29, 0.717) is 12.3 Å². The van der Waals surface area contributed by atoms with Crippen LogP contribution in [0.1, 0.15) is 55.4 Å². The second-order valence-corrected chi connectivity index (χ2v) is 9.94. The van der Waals surface area contributed by atoms with E-state index in [1.165, 1.54) is 51.9 Å². The SMILES string of the molecule is COc1cc2[nH]c(C(=O)CC3CCN(CCN4CCCCCC4)CC3)cc2c2ccccc12. The summed E-state index contributed by atoms with van der Waals surface area (Å²) in [6.07, 6.45) is 8.42. The number of likely N-dealkylation sites (tertiary alicyclic amines) is 2. The van der Waals surface area contributed by atoms with Crippen LogP contribution in [-0.4, -0.2) is 66.9 Å². The molecule has 2 aromatic carbocycles. The number of hydrogen-bond donors (Lipinski definition) is 1. The molecule has 2 fully saturated rings. The largest absolute Gasteiger partial charge is 0.496 e. The number of methoxy groups -OCH3 is 1. The van der Waals surface area contributed by atoms with Crippen molar-refractivity contribution in [1.82, 2.24) is 14.8 Å². The van der Waals surface area contributed by atoms with Gasteiger partial charge in [-0.15, -0.1) is 0 Å². The third-order valence-corrected chi connectivity index (χ3v) is 7.74. The molecule has 3 aromatic rings. The van der Waals surface area contributed by atoms with E-state index >= 15 is 0 Å². The predicted octanol–water partition coefficient (Wildman–Crippen LogP) is 5.49. The third-order valence-electron chi connectivity index (χ3n) is 7.74. The second kappa shape index (κ2) is 10.3. The smallest absolute Gasteiger partial charge is 0.179 e. The van der Waals surface area contributed by atoms with Crippen LogP contribution in [0.4, 0.5) is 0 Å². The average Bonchev–Trinajstić information content (AvgIpc) is 3.12. The van der Waals surface area contributed by atoms with Crippen molar-refractivity contribution in [3.05, 3.63) is 42.1 Å². The average molecular weight is 448 g/mol. The van der Waals surface area contributed by atoms with Crippen molar-refractivity contribution in [2.24, 2.45) is 5.92 Å². The fraction of sp³-hybridized carbons (Fsp3) is 0.536. The molecule has 0 bridgehead atoms. The highest BCUT2D eigenvalue weighted by Crippen LogP contribution is 2.34. The molecule has 2 saturated heterocycles. The molecule has 176 valence electrons. The summed E-state index contributed by atoms with van der Waals surface area (Å²) in [6, 6.07) is 12.3. The van der Waals surface area contributed by atoms with Crippen molar-refractivity contribution in [2.45, 2.75) is 44.9 Å².